The van der Waals surface area contributed by atoms with Crippen LogP contribution in [0.3, 0.4) is 0 Å². The molecule has 1 atom stereocenters. The van der Waals surface area contributed by atoms with Gasteiger partial charge in [-0.25, -0.2) is 9.97 Å². The third-order valence-electron chi connectivity index (χ3n) is 6.25. The number of carbonyl (C=O) groups excluding carboxylic acids is 2. The molecule has 3 aromatic rings. The molecule has 1 fully saturated rings. The first-order chi connectivity index (χ1) is 15.4. The molecule has 9 heteroatoms. The molecule has 8 nitrogen and oxygen atoms in total. The van der Waals surface area contributed by atoms with E-state index in [2.05, 4.69) is 30.8 Å². The summed E-state index contributed by atoms with van der Waals surface area (Å²) in [6.45, 7) is 7.08. The largest absolute Gasteiger partial charge is 0.352 e. The SMILES string of the molecule is Cc1ncsc1C(=O)N1CC[C@]2(C1)c1cccn1-c1ncccc1N2CC(=O)NC(C)C. The number of anilines is 1. The van der Waals surface area contributed by atoms with E-state index in [1.165, 1.54) is 11.3 Å². The summed E-state index contributed by atoms with van der Waals surface area (Å²) >= 11 is 1.38. The second-order valence-corrected chi connectivity index (χ2v) is 9.55. The van der Waals surface area contributed by atoms with Crippen LogP contribution in [0.4, 0.5) is 5.69 Å². The number of carbonyl (C=O) groups is 2. The van der Waals surface area contributed by atoms with Crippen molar-refractivity contribution in [2.75, 3.05) is 24.5 Å². The summed E-state index contributed by atoms with van der Waals surface area (Å²) in [6.07, 6.45) is 4.50. The predicted molar refractivity (Wildman–Crippen MR) is 123 cm³/mol. The molecule has 0 aliphatic carbocycles. The lowest BCUT2D eigenvalue weighted by atomic mass is 9.88. The zero-order valence-electron chi connectivity index (χ0n) is 18.4. The van der Waals surface area contributed by atoms with Gasteiger partial charge in [0.1, 0.15) is 10.4 Å². The summed E-state index contributed by atoms with van der Waals surface area (Å²) in [5.74, 6) is 0.763. The van der Waals surface area contributed by atoms with Crippen molar-refractivity contribution in [3.63, 3.8) is 0 Å². The van der Waals surface area contributed by atoms with Crippen molar-refractivity contribution < 1.29 is 9.59 Å². The summed E-state index contributed by atoms with van der Waals surface area (Å²) in [7, 11) is 0. The van der Waals surface area contributed by atoms with Gasteiger partial charge in [-0.05, 0) is 51.5 Å². The second-order valence-electron chi connectivity index (χ2n) is 8.69. The van der Waals surface area contributed by atoms with Gasteiger partial charge in [0.15, 0.2) is 5.82 Å². The predicted octanol–water partition coefficient (Wildman–Crippen LogP) is 2.72. The van der Waals surface area contributed by atoms with Crippen LogP contribution in [0, 0.1) is 6.92 Å². The minimum absolute atomic E-state index is 0.00328. The van der Waals surface area contributed by atoms with Gasteiger partial charge >= 0.3 is 0 Å². The fourth-order valence-corrected chi connectivity index (χ4v) is 5.66. The van der Waals surface area contributed by atoms with Crippen LogP contribution in [-0.4, -0.2) is 56.9 Å². The zero-order valence-corrected chi connectivity index (χ0v) is 19.2. The quantitative estimate of drug-likeness (QED) is 0.661. The number of nitrogens with zero attached hydrogens (tertiary/aromatic N) is 5. The van der Waals surface area contributed by atoms with Gasteiger partial charge in [-0.15, -0.1) is 11.3 Å². The van der Waals surface area contributed by atoms with Gasteiger partial charge in [0.2, 0.25) is 5.91 Å². The number of thiazole rings is 1. The van der Waals surface area contributed by atoms with E-state index in [9.17, 15) is 9.59 Å². The molecule has 2 amide bonds. The Morgan fingerprint density at radius 2 is 2.09 bits per heavy atom. The van der Waals surface area contributed by atoms with Crippen molar-refractivity contribution in [1.29, 1.82) is 0 Å². The molecule has 1 saturated heterocycles. The third-order valence-corrected chi connectivity index (χ3v) is 7.17. The average molecular weight is 451 g/mol. The summed E-state index contributed by atoms with van der Waals surface area (Å²) < 4.78 is 2.10. The highest BCUT2D eigenvalue weighted by atomic mass is 32.1. The number of aromatic nitrogens is 3. The smallest absolute Gasteiger partial charge is 0.265 e. The maximum Gasteiger partial charge on any atom is 0.265 e. The lowest BCUT2D eigenvalue weighted by Gasteiger charge is -2.46. The number of fused-ring (bicyclic) bond motifs is 4. The van der Waals surface area contributed by atoms with Gasteiger partial charge in [-0.1, -0.05) is 0 Å². The zero-order chi connectivity index (χ0) is 22.5. The Labute approximate surface area is 190 Å². The van der Waals surface area contributed by atoms with Gasteiger partial charge in [-0.2, -0.15) is 0 Å². The lowest BCUT2D eigenvalue weighted by molar-refractivity contribution is -0.120. The number of hydrogen-bond acceptors (Lipinski definition) is 6. The van der Waals surface area contributed by atoms with Crippen LogP contribution in [0.2, 0.25) is 0 Å². The first-order valence-corrected chi connectivity index (χ1v) is 11.7. The van der Waals surface area contributed by atoms with Crippen molar-refractivity contribution in [1.82, 2.24) is 24.8 Å². The first kappa shape index (κ1) is 20.7. The molecule has 0 aromatic carbocycles. The minimum Gasteiger partial charge on any atom is -0.352 e. The number of rotatable bonds is 4. The summed E-state index contributed by atoms with van der Waals surface area (Å²) in [5.41, 5.74) is 3.92. The number of nitrogens with one attached hydrogen (secondary N) is 1. The van der Waals surface area contributed by atoms with E-state index < -0.39 is 5.54 Å². The fourth-order valence-electron chi connectivity index (χ4n) is 4.89. The molecule has 3 aromatic heterocycles. The Balaban J connectivity index is 1.57. The lowest BCUT2D eigenvalue weighted by Crippen LogP contribution is -2.56. The molecule has 2 aliphatic heterocycles. The molecule has 0 bridgehead atoms. The van der Waals surface area contributed by atoms with Crippen LogP contribution in [0.1, 0.15) is 41.3 Å². The normalized spacial score (nSPS) is 19.4. The van der Waals surface area contributed by atoms with E-state index in [4.69, 9.17) is 0 Å². The minimum atomic E-state index is -0.512. The third kappa shape index (κ3) is 3.19. The molecule has 1 spiro atoms. The van der Waals surface area contributed by atoms with Gasteiger partial charge in [0.05, 0.1) is 29.1 Å². The molecule has 5 rings (SSSR count). The maximum absolute atomic E-state index is 13.3. The van der Waals surface area contributed by atoms with E-state index in [0.29, 0.717) is 18.0 Å². The van der Waals surface area contributed by atoms with Crippen LogP contribution in [0.15, 0.2) is 42.2 Å². The van der Waals surface area contributed by atoms with Gasteiger partial charge in [0, 0.05) is 31.5 Å². The van der Waals surface area contributed by atoms with Crippen molar-refractivity contribution >= 4 is 28.8 Å². The van der Waals surface area contributed by atoms with Crippen LogP contribution in [0.5, 0.6) is 0 Å². The van der Waals surface area contributed by atoms with E-state index in [1.807, 2.05) is 50.1 Å². The summed E-state index contributed by atoms with van der Waals surface area (Å²) in [5, 5.41) is 3.01. The molecule has 0 saturated carbocycles. The molecular weight excluding hydrogens is 424 g/mol. The average Bonchev–Trinajstić information content (AvgIpc) is 3.50. The Bertz CT molecular complexity index is 1180. The molecule has 166 valence electrons. The standard InChI is InChI=1S/C23H26N6O2S/c1-15(2)26-19(30)12-29-17-6-4-9-24-21(17)28-10-5-7-18(28)23(29)8-11-27(13-23)22(31)20-16(3)25-14-32-20/h4-7,9-10,14-15H,8,11-13H2,1-3H3,(H,26,30)/t23-/m0/s1. The van der Waals surface area contributed by atoms with E-state index in [-0.39, 0.29) is 24.4 Å². The monoisotopic (exact) mass is 450 g/mol. The van der Waals surface area contributed by atoms with Crippen molar-refractivity contribution in [2.24, 2.45) is 0 Å². The van der Waals surface area contributed by atoms with Crippen LogP contribution in [-0.2, 0) is 10.3 Å². The fraction of sp³-hybridized carbons (Fsp3) is 0.391. The maximum atomic E-state index is 13.3. The molecule has 32 heavy (non-hydrogen) atoms. The van der Waals surface area contributed by atoms with Gasteiger partial charge in [0.25, 0.3) is 5.91 Å². The Morgan fingerprint density at radius 3 is 2.84 bits per heavy atom. The number of hydrogen-bond donors (Lipinski definition) is 1. The van der Waals surface area contributed by atoms with Crippen LogP contribution in [0.25, 0.3) is 5.82 Å². The number of likely N-dealkylation sites (tertiary alicyclic amines) is 1. The van der Waals surface area contributed by atoms with Gasteiger partial charge in [-0.3, -0.25) is 9.59 Å². The molecule has 0 radical (unpaired) electrons. The molecular formula is C23H26N6O2S. The van der Waals surface area contributed by atoms with Crippen LogP contribution >= 0.6 is 11.3 Å². The summed E-state index contributed by atoms with van der Waals surface area (Å²) in [6, 6.07) is 8.04. The van der Waals surface area contributed by atoms with E-state index >= 15 is 0 Å². The first-order valence-electron chi connectivity index (χ1n) is 10.8. The highest BCUT2D eigenvalue weighted by Crippen LogP contribution is 2.47. The summed E-state index contributed by atoms with van der Waals surface area (Å²) in [4.78, 5) is 39.8. The van der Waals surface area contributed by atoms with Crippen molar-refractivity contribution in [2.45, 2.75) is 38.8 Å². The van der Waals surface area contributed by atoms with E-state index in [1.54, 1.807) is 11.7 Å². The number of aryl methyl sites for hydroxylation is 1. The second kappa shape index (κ2) is 7.74. The van der Waals surface area contributed by atoms with Crippen molar-refractivity contribution in [3.05, 3.63) is 58.4 Å². The molecule has 2 aliphatic rings. The Kier molecular flexibility index (Phi) is 5.00. The molecule has 5 heterocycles. The molecule has 1 N–H and O–H groups in total. The highest BCUT2D eigenvalue weighted by Gasteiger charge is 2.51. The molecule has 0 unspecified atom stereocenters. The topological polar surface area (TPSA) is 83.4 Å². The van der Waals surface area contributed by atoms with E-state index in [0.717, 1.165) is 29.3 Å². The van der Waals surface area contributed by atoms with Crippen molar-refractivity contribution in [3.8, 4) is 5.82 Å². The number of pyridine rings is 1. The highest BCUT2D eigenvalue weighted by molar-refractivity contribution is 7.11. The Morgan fingerprint density at radius 1 is 1.25 bits per heavy atom. The number of amides is 2. The Hall–Kier alpha value is -3.20. The van der Waals surface area contributed by atoms with Crippen LogP contribution < -0.4 is 10.2 Å². The van der Waals surface area contributed by atoms with Gasteiger partial charge < -0.3 is 19.7 Å².